The number of fused-ring (bicyclic) bond motifs is 1. The highest BCUT2D eigenvalue weighted by Crippen LogP contribution is 2.46. The molecule has 2 aliphatic rings. The van der Waals surface area contributed by atoms with Gasteiger partial charge in [-0.25, -0.2) is 18.2 Å². The summed E-state index contributed by atoms with van der Waals surface area (Å²) in [5.41, 5.74) is 2.04. The number of ketones is 1. The van der Waals surface area contributed by atoms with Crippen LogP contribution in [0, 0.1) is 12.3 Å². The zero-order valence-electron chi connectivity index (χ0n) is 17.9. The lowest BCUT2D eigenvalue weighted by Gasteiger charge is -2.37. The molecule has 3 N–H and O–H groups in total. The highest BCUT2D eigenvalue weighted by atomic mass is 32.2. The minimum absolute atomic E-state index is 0.0272. The number of nitrogens with two attached hydrogens (primary N) is 1. The number of rotatable bonds is 3. The van der Waals surface area contributed by atoms with Gasteiger partial charge in [-0.15, -0.1) is 0 Å². The first-order valence-electron chi connectivity index (χ1n) is 10.2. The van der Waals surface area contributed by atoms with Crippen LogP contribution < -0.4 is 10.5 Å². The van der Waals surface area contributed by atoms with E-state index in [1.165, 1.54) is 12.1 Å². The summed E-state index contributed by atoms with van der Waals surface area (Å²) in [7, 11) is -3.77. The monoisotopic (exact) mass is 453 g/mol. The number of hydrogen-bond donors (Lipinski definition) is 2. The molecule has 5 rings (SSSR count). The first-order valence-corrected chi connectivity index (χ1v) is 11.8. The van der Waals surface area contributed by atoms with Gasteiger partial charge in [0.05, 0.1) is 4.90 Å². The molecule has 1 atom stereocenters. The summed E-state index contributed by atoms with van der Waals surface area (Å²) < 4.78 is 30.9. The first kappa shape index (κ1) is 20.7. The molecule has 0 amide bonds. The van der Waals surface area contributed by atoms with E-state index in [-0.39, 0.29) is 16.1 Å². The molecule has 0 saturated heterocycles. The van der Waals surface area contributed by atoms with E-state index in [1.54, 1.807) is 29.8 Å². The SMILES string of the molecule is Cc1nc2n(n1)C(c1ccc(-c3ccc(S(N)(=O)=O)cc3)o1)C1=C(CC(C)(C)CC1=O)N2. The molecule has 10 heteroatoms. The molecule has 0 bridgehead atoms. The van der Waals surface area contributed by atoms with Crippen molar-refractivity contribution in [2.45, 2.75) is 44.6 Å². The number of Topliss-reactive ketones (excluding diaryl/α,β-unsaturated/α-hetero) is 1. The second kappa shape index (κ2) is 6.88. The Kier molecular flexibility index (Phi) is 4.44. The van der Waals surface area contributed by atoms with Gasteiger partial charge in [-0.05, 0) is 55.2 Å². The Bertz CT molecular complexity index is 1380. The van der Waals surface area contributed by atoms with E-state index in [4.69, 9.17) is 9.56 Å². The van der Waals surface area contributed by atoms with Crippen LogP contribution in [0.3, 0.4) is 0 Å². The van der Waals surface area contributed by atoms with Crippen molar-refractivity contribution in [1.82, 2.24) is 14.8 Å². The van der Waals surface area contributed by atoms with Gasteiger partial charge < -0.3 is 9.73 Å². The van der Waals surface area contributed by atoms with Gasteiger partial charge in [0, 0.05) is 23.3 Å². The van der Waals surface area contributed by atoms with Gasteiger partial charge in [0.1, 0.15) is 23.4 Å². The number of hydrogen-bond acceptors (Lipinski definition) is 7. The molecule has 0 fully saturated rings. The third-order valence-corrected chi connectivity index (χ3v) is 6.73. The van der Waals surface area contributed by atoms with Gasteiger partial charge in [0.25, 0.3) is 0 Å². The van der Waals surface area contributed by atoms with E-state index < -0.39 is 16.1 Å². The van der Waals surface area contributed by atoms with E-state index in [9.17, 15) is 13.2 Å². The van der Waals surface area contributed by atoms with E-state index in [1.807, 2.05) is 6.07 Å². The molecule has 166 valence electrons. The van der Waals surface area contributed by atoms with Crippen LogP contribution in [-0.4, -0.2) is 29.0 Å². The summed E-state index contributed by atoms with van der Waals surface area (Å²) in [6.07, 6.45) is 1.16. The van der Waals surface area contributed by atoms with Gasteiger partial charge in [0.2, 0.25) is 16.0 Å². The predicted molar refractivity (Wildman–Crippen MR) is 117 cm³/mol. The Labute approximate surface area is 185 Å². The first-order chi connectivity index (χ1) is 15.0. The maximum Gasteiger partial charge on any atom is 0.238 e. The molecule has 0 spiro atoms. The number of furan rings is 1. The van der Waals surface area contributed by atoms with Gasteiger partial charge in [-0.3, -0.25) is 4.79 Å². The van der Waals surface area contributed by atoms with Crippen LogP contribution in [0.15, 0.2) is 57.0 Å². The number of carbonyl (C=O) groups excluding carboxylic acids is 1. The van der Waals surface area contributed by atoms with Crippen molar-refractivity contribution in [1.29, 1.82) is 0 Å². The molecule has 32 heavy (non-hydrogen) atoms. The molecule has 2 aromatic heterocycles. The van der Waals surface area contributed by atoms with Crippen LogP contribution in [0.2, 0.25) is 0 Å². The van der Waals surface area contributed by atoms with Crippen molar-refractivity contribution in [3.63, 3.8) is 0 Å². The molecule has 0 saturated carbocycles. The van der Waals surface area contributed by atoms with Crippen molar-refractivity contribution < 1.29 is 17.6 Å². The van der Waals surface area contributed by atoms with Gasteiger partial charge in [-0.2, -0.15) is 10.1 Å². The standard InChI is InChI=1S/C22H23N5O4S/c1-12-24-21-25-15-10-22(2,3)11-16(28)19(15)20(27(21)26-12)18-9-8-17(31-18)13-4-6-14(7-5-13)32(23,29)30/h4-9,20H,10-11H2,1-3H3,(H2,23,29,30)(H,24,25,26). The lowest BCUT2D eigenvalue weighted by atomic mass is 9.73. The summed E-state index contributed by atoms with van der Waals surface area (Å²) >= 11 is 0. The topological polar surface area (TPSA) is 133 Å². The van der Waals surface area contributed by atoms with E-state index in [0.717, 1.165) is 12.1 Å². The van der Waals surface area contributed by atoms with Crippen LogP contribution in [0.1, 0.15) is 44.3 Å². The van der Waals surface area contributed by atoms with Gasteiger partial charge in [0.15, 0.2) is 5.78 Å². The molecular weight excluding hydrogens is 430 g/mol. The summed E-state index contributed by atoms with van der Waals surface area (Å²) in [6.45, 7) is 5.95. The van der Waals surface area contributed by atoms with Crippen LogP contribution in [0.25, 0.3) is 11.3 Å². The van der Waals surface area contributed by atoms with Crippen LogP contribution >= 0.6 is 0 Å². The fourth-order valence-electron chi connectivity index (χ4n) is 4.44. The van der Waals surface area contributed by atoms with Crippen molar-refractivity contribution in [2.24, 2.45) is 10.6 Å². The number of nitrogens with zero attached hydrogens (tertiary/aromatic N) is 3. The Morgan fingerprint density at radius 3 is 2.56 bits per heavy atom. The lowest BCUT2D eigenvalue weighted by molar-refractivity contribution is -0.118. The zero-order chi connectivity index (χ0) is 22.8. The van der Waals surface area contributed by atoms with E-state index in [2.05, 4.69) is 29.2 Å². The normalized spacial score (nSPS) is 20.0. The Morgan fingerprint density at radius 2 is 1.88 bits per heavy atom. The number of nitrogens with one attached hydrogen (secondary N) is 1. The van der Waals surface area contributed by atoms with Gasteiger partial charge in [-0.1, -0.05) is 13.8 Å². The van der Waals surface area contributed by atoms with Crippen LogP contribution in [0.5, 0.6) is 0 Å². The van der Waals surface area contributed by atoms with Gasteiger partial charge >= 0.3 is 0 Å². The zero-order valence-corrected chi connectivity index (χ0v) is 18.7. The predicted octanol–water partition coefficient (Wildman–Crippen LogP) is 3.15. The third kappa shape index (κ3) is 3.45. The summed E-state index contributed by atoms with van der Waals surface area (Å²) in [4.78, 5) is 17.7. The maximum atomic E-state index is 13.2. The molecule has 3 aromatic rings. The molecular formula is C22H23N5O4S. The second-order valence-electron chi connectivity index (χ2n) is 9.06. The number of anilines is 1. The smallest absolute Gasteiger partial charge is 0.238 e. The summed E-state index contributed by atoms with van der Waals surface area (Å²) in [5, 5.41) is 13.0. The molecule has 3 heterocycles. The Morgan fingerprint density at radius 1 is 1.16 bits per heavy atom. The summed E-state index contributed by atoms with van der Waals surface area (Å²) in [6, 6.07) is 9.22. The summed E-state index contributed by atoms with van der Waals surface area (Å²) in [5.74, 6) is 2.33. The van der Waals surface area contributed by atoms with Crippen molar-refractivity contribution in [3.05, 3.63) is 59.3 Å². The fourth-order valence-corrected chi connectivity index (χ4v) is 4.96. The van der Waals surface area contributed by atoms with Crippen molar-refractivity contribution in [3.8, 4) is 11.3 Å². The number of primary sulfonamides is 1. The molecule has 1 aromatic carbocycles. The second-order valence-corrected chi connectivity index (χ2v) is 10.6. The third-order valence-electron chi connectivity index (χ3n) is 5.80. The number of allylic oxidation sites excluding steroid dienone is 2. The molecule has 1 aliphatic heterocycles. The molecule has 0 radical (unpaired) electrons. The molecule has 9 nitrogen and oxygen atoms in total. The number of aromatic nitrogens is 3. The van der Waals surface area contributed by atoms with Crippen molar-refractivity contribution >= 4 is 21.8 Å². The van der Waals surface area contributed by atoms with E-state index in [0.29, 0.717) is 40.9 Å². The molecule has 1 unspecified atom stereocenters. The van der Waals surface area contributed by atoms with Crippen LogP contribution in [0.4, 0.5) is 5.95 Å². The molecule has 1 aliphatic carbocycles. The highest BCUT2D eigenvalue weighted by molar-refractivity contribution is 7.89. The average molecular weight is 454 g/mol. The minimum Gasteiger partial charge on any atom is -0.458 e. The quantitative estimate of drug-likeness (QED) is 0.622. The van der Waals surface area contributed by atoms with Crippen molar-refractivity contribution in [2.75, 3.05) is 5.32 Å². The number of aryl methyl sites for hydroxylation is 1. The van der Waals surface area contributed by atoms with E-state index >= 15 is 0 Å². The van der Waals surface area contributed by atoms with Crippen LogP contribution in [-0.2, 0) is 14.8 Å². The largest absolute Gasteiger partial charge is 0.458 e. The Balaban J connectivity index is 1.58. The maximum absolute atomic E-state index is 13.2. The minimum atomic E-state index is -3.77. The number of carbonyl (C=O) groups is 1. The fraction of sp³-hybridized carbons (Fsp3) is 0.318. The number of sulfonamides is 1. The number of benzene rings is 1. The Hall–Kier alpha value is -3.24. The highest BCUT2D eigenvalue weighted by Gasteiger charge is 2.42. The average Bonchev–Trinajstić information content (AvgIpc) is 3.31. The lowest BCUT2D eigenvalue weighted by Crippen LogP contribution is -2.36.